The standard InChI is InChI=1S/C24H34F2N2O3/c1-16(31-2)24(30)27-20-6-3-17(4-7-20)9-12-28-13-10-18(11-14-28)23(29)21-8-5-19(25)15-22(21)26/h5,8,15-18,20H,3-4,6-7,9-14H2,1-2H3,(H,27,30)/t16-,17?,20?/m1/s1. The van der Waals surface area contributed by atoms with Crippen LogP contribution in [0.5, 0.6) is 0 Å². The van der Waals surface area contributed by atoms with Gasteiger partial charge in [-0.25, -0.2) is 8.78 Å². The number of ketones is 1. The first kappa shape index (κ1) is 23.8. The van der Waals surface area contributed by atoms with Gasteiger partial charge < -0.3 is 15.0 Å². The van der Waals surface area contributed by atoms with Crippen molar-refractivity contribution < 1.29 is 23.1 Å². The van der Waals surface area contributed by atoms with Gasteiger partial charge in [-0.3, -0.25) is 9.59 Å². The van der Waals surface area contributed by atoms with E-state index in [1.165, 1.54) is 6.07 Å². The number of hydrogen-bond donors (Lipinski definition) is 1. The fraction of sp³-hybridized carbons (Fsp3) is 0.667. The lowest BCUT2D eigenvalue weighted by molar-refractivity contribution is -0.131. The van der Waals surface area contributed by atoms with Crippen LogP contribution in [0.25, 0.3) is 0 Å². The molecule has 1 aromatic rings. The van der Waals surface area contributed by atoms with Gasteiger partial charge in [-0.05, 0) is 89.6 Å². The van der Waals surface area contributed by atoms with Crippen LogP contribution < -0.4 is 5.32 Å². The fourth-order valence-corrected chi connectivity index (χ4v) is 4.71. The number of amides is 1. The summed E-state index contributed by atoms with van der Waals surface area (Å²) in [6.07, 6.45) is 6.39. The number of ether oxygens (including phenoxy) is 1. The lowest BCUT2D eigenvalue weighted by Crippen LogP contribution is -2.43. The monoisotopic (exact) mass is 436 g/mol. The average molecular weight is 437 g/mol. The number of piperidine rings is 1. The number of likely N-dealkylation sites (tertiary alicyclic amines) is 1. The molecule has 1 N–H and O–H groups in total. The largest absolute Gasteiger partial charge is 0.372 e. The molecule has 0 spiro atoms. The second-order valence-electron chi connectivity index (χ2n) is 9.00. The molecule has 2 aliphatic rings. The zero-order valence-electron chi connectivity index (χ0n) is 18.5. The lowest BCUT2D eigenvalue weighted by Gasteiger charge is -2.34. The number of methoxy groups -OCH3 is 1. The van der Waals surface area contributed by atoms with Gasteiger partial charge in [-0.1, -0.05) is 0 Å². The Bertz CT molecular complexity index is 757. The molecule has 31 heavy (non-hydrogen) atoms. The Hall–Kier alpha value is -1.86. The van der Waals surface area contributed by atoms with Crippen molar-refractivity contribution in [3.8, 4) is 0 Å². The summed E-state index contributed by atoms with van der Waals surface area (Å²) in [5.74, 6) is -1.20. The van der Waals surface area contributed by atoms with Gasteiger partial charge in [-0.15, -0.1) is 0 Å². The Balaban J connectivity index is 1.35. The first-order chi connectivity index (χ1) is 14.9. The molecule has 1 heterocycles. The van der Waals surface area contributed by atoms with Crippen LogP contribution in [-0.4, -0.2) is 55.5 Å². The van der Waals surface area contributed by atoms with E-state index in [9.17, 15) is 18.4 Å². The predicted molar refractivity (Wildman–Crippen MR) is 115 cm³/mol. The normalized spacial score (nSPS) is 24.0. The minimum Gasteiger partial charge on any atom is -0.372 e. The molecule has 1 amide bonds. The molecule has 1 aromatic carbocycles. The number of benzene rings is 1. The van der Waals surface area contributed by atoms with Crippen LogP contribution in [0.3, 0.4) is 0 Å². The first-order valence-corrected chi connectivity index (χ1v) is 11.4. The summed E-state index contributed by atoms with van der Waals surface area (Å²) in [7, 11) is 1.54. The molecular formula is C24H34F2N2O3. The molecule has 7 heteroatoms. The van der Waals surface area contributed by atoms with Crippen LogP contribution in [0, 0.1) is 23.5 Å². The smallest absolute Gasteiger partial charge is 0.249 e. The maximum atomic E-state index is 13.9. The van der Waals surface area contributed by atoms with E-state index in [0.29, 0.717) is 18.8 Å². The molecule has 0 bridgehead atoms. The van der Waals surface area contributed by atoms with Crippen molar-refractivity contribution >= 4 is 11.7 Å². The minimum absolute atomic E-state index is 0.00333. The summed E-state index contributed by atoms with van der Waals surface area (Å²) in [4.78, 5) is 26.9. The highest BCUT2D eigenvalue weighted by Crippen LogP contribution is 2.29. The Morgan fingerprint density at radius 1 is 1.13 bits per heavy atom. The van der Waals surface area contributed by atoms with Crippen molar-refractivity contribution in [1.29, 1.82) is 0 Å². The molecule has 0 unspecified atom stereocenters. The Morgan fingerprint density at radius 2 is 1.81 bits per heavy atom. The number of carbonyl (C=O) groups is 2. The van der Waals surface area contributed by atoms with E-state index in [0.717, 1.165) is 63.9 Å². The van der Waals surface area contributed by atoms with E-state index in [2.05, 4.69) is 10.2 Å². The van der Waals surface area contributed by atoms with Crippen LogP contribution in [0.2, 0.25) is 0 Å². The average Bonchev–Trinajstić information content (AvgIpc) is 2.78. The Kier molecular flexibility index (Phi) is 8.55. The SMILES string of the molecule is CO[C@H](C)C(=O)NC1CCC(CCN2CCC(C(=O)c3ccc(F)cc3F)CC2)CC1. The van der Waals surface area contributed by atoms with Gasteiger partial charge in [0.25, 0.3) is 0 Å². The molecule has 1 saturated heterocycles. The molecule has 1 atom stereocenters. The maximum Gasteiger partial charge on any atom is 0.249 e. The lowest BCUT2D eigenvalue weighted by atomic mass is 9.83. The van der Waals surface area contributed by atoms with Crippen LogP contribution in [0.15, 0.2) is 18.2 Å². The van der Waals surface area contributed by atoms with E-state index >= 15 is 0 Å². The number of carbonyl (C=O) groups excluding carboxylic acids is 2. The number of nitrogens with zero attached hydrogens (tertiary/aromatic N) is 1. The van der Waals surface area contributed by atoms with E-state index < -0.39 is 17.7 Å². The molecule has 2 fully saturated rings. The summed E-state index contributed by atoms with van der Waals surface area (Å²) >= 11 is 0. The third-order valence-electron chi connectivity index (χ3n) is 6.92. The highest BCUT2D eigenvalue weighted by atomic mass is 19.1. The highest BCUT2D eigenvalue weighted by molar-refractivity contribution is 5.98. The molecule has 0 radical (unpaired) electrons. The molecule has 1 aliphatic heterocycles. The van der Waals surface area contributed by atoms with Crippen LogP contribution in [0.1, 0.15) is 62.2 Å². The molecule has 1 saturated carbocycles. The first-order valence-electron chi connectivity index (χ1n) is 11.4. The summed E-state index contributed by atoms with van der Waals surface area (Å²) in [6.45, 7) is 4.43. The van der Waals surface area contributed by atoms with Gasteiger partial charge in [0.2, 0.25) is 5.91 Å². The molecule has 1 aliphatic carbocycles. The van der Waals surface area contributed by atoms with Crippen molar-refractivity contribution in [3.63, 3.8) is 0 Å². The van der Waals surface area contributed by atoms with E-state index in [4.69, 9.17) is 4.74 Å². The number of halogens is 2. The molecule has 3 rings (SSSR count). The van der Waals surface area contributed by atoms with Gasteiger partial charge in [0.1, 0.15) is 17.7 Å². The fourth-order valence-electron chi connectivity index (χ4n) is 4.71. The summed E-state index contributed by atoms with van der Waals surface area (Å²) in [6, 6.07) is 3.42. The van der Waals surface area contributed by atoms with Gasteiger partial charge >= 0.3 is 0 Å². The second kappa shape index (κ2) is 11.1. The van der Waals surface area contributed by atoms with Crippen molar-refractivity contribution in [2.24, 2.45) is 11.8 Å². The predicted octanol–water partition coefficient (Wildman–Crippen LogP) is 3.96. The van der Waals surface area contributed by atoms with Crippen molar-refractivity contribution in [3.05, 3.63) is 35.4 Å². The quantitative estimate of drug-likeness (QED) is 0.627. The van der Waals surface area contributed by atoms with Crippen molar-refractivity contribution in [2.45, 2.75) is 64.0 Å². The number of nitrogens with one attached hydrogen (secondary N) is 1. The third-order valence-corrected chi connectivity index (χ3v) is 6.92. The number of rotatable bonds is 8. The molecule has 5 nitrogen and oxygen atoms in total. The topological polar surface area (TPSA) is 58.6 Å². The van der Waals surface area contributed by atoms with E-state index in [1.807, 2.05) is 0 Å². The summed E-state index contributed by atoms with van der Waals surface area (Å²) in [5, 5.41) is 3.08. The maximum absolute atomic E-state index is 13.9. The van der Waals surface area contributed by atoms with Crippen molar-refractivity contribution in [2.75, 3.05) is 26.7 Å². The van der Waals surface area contributed by atoms with Gasteiger partial charge in [0.15, 0.2) is 5.78 Å². The van der Waals surface area contributed by atoms with Crippen molar-refractivity contribution in [1.82, 2.24) is 10.2 Å². The van der Waals surface area contributed by atoms with Gasteiger partial charge in [-0.2, -0.15) is 0 Å². The number of Topliss-reactive ketones (excluding diaryl/α,β-unsaturated/α-hetero) is 1. The third kappa shape index (κ3) is 6.56. The highest BCUT2D eigenvalue weighted by Gasteiger charge is 2.29. The number of hydrogen-bond acceptors (Lipinski definition) is 4. The zero-order chi connectivity index (χ0) is 22.4. The van der Waals surface area contributed by atoms with Gasteiger partial charge in [0.05, 0.1) is 5.56 Å². The van der Waals surface area contributed by atoms with E-state index in [-0.39, 0.29) is 29.2 Å². The summed E-state index contributed by atoms with van der Waals surface area (Å²) in [5.41, 5.74) is 0.00333. The van der Waals surface area contributed by atoms with E-state index in [1.54, 1.807) is 14.0 Å². The second-order valence-corrected chi connectivity index (χ2v) is 9.00. The Morgan fingerprint density at radius 3 is 2.42 bits per heavy atom. The molecule has 0 aromatic heterocycles. The minimum atomic E-state index is -0.768. The van der Waals surface area contributed by atoms with Gasteiger partial charge in [0, 0.05) is 25.1 Å². The summed E-state index contributed by atoms with van der Waals surface area (Å²) < 4.78 is 32.1. The van der Waals surface area contributed by atoms with Crippen LogP contribution in [0.4, 0.5) is 8.78 Å². The molecular weight excluding hydrogens is 402 g/mol. The zero-order valence-corrected chi connectivity index (χ0v) is 18.5. The van der Waals surface area contributed by atoms with Crippen LogP contribution in [-0.2, 0) is 9.53 Å². The Labute approximate surface area is 183 Å². The van der Waals surface area contributed by atoms with Crippen LogP contribution >= 0.6 is 0 Å². The molecule has 172 valence electrons.